The van der Waals surface area contributed by atoms with Crippen molar-refractivity contribution in [2.45, 2.75) is 64.1 Å². The molecule has 2 aliphatic rings. The number of terminal acetylenes is 1. The lowest BCUT2D eigenvalue weighted by Gasteiger charge is -2.37. The molecule has 1 N–H and O–H groups in total. The Morgan fingerprint density at radius 2 is 1.97 bits per heavy atom. The molecule has 1 saturated carbocycles. The highest BCUT2D eigenvalue weighted by atomic mass is 19.1. The van der Waals surface area contributed by atoms with Crippen molar-refractivity contribution in [1.82, 2.24) is 20.1 Å². The minimum atomic E-state index is -1.46. The molecule has 5 rings (SSSR count). The molecule has 2 aromatic carbocycles. The van der Waals surface area contributed by atoms with Crippen LogP contribution < -0.4 is 0 Å². The highest BCUT2D eigenvalue weighted by Crippen LogP contribution is 2.42. The first kappa shape index (κ1) is 25.2. The monoisotopic (exact) mass is 500 g/mol. The quantitative estimate of drug-likeness (QED) is 0.425. The molecule has 0 atom stereocenters. The Kier molecular flexibility index (Phi) is 7.12. The second-order valence-corrected chi connectivity index (χ2v) is 10.1. The molecule has 1 aliphatic heterocycles. The summed E-state index contributed by atoms with van der Waals surface area (Å²) in [6.07, 6.45) is 9.40. The van der Waals surface area contributed by atoms with E-state index in [1.807, 2.05) is 19.9 Å². The van der Waals surface area contributed by atoms with Crippen molar-refractivity contribution in [1.29, 1.82) is 0 Å². The molecular weight excluding hydrogens is 467 g/mol. The topological polar surface area (TPSA) is 71.1 Å². The van der Waals surface area contributed by atoms with Crippen molar-refractivity contribution in [2.24, 2.45) is 0 Å². The first-order valence-electron chi connectivity index (χ1n) is 13.1. The molecule has 0 radical (unpaired) electrons. The van der Waals surface area contributed by atoms with Gasteiger partial charge in [-0.3, -0.25) is 9.89 Å². The maximum Gasteiger partial charge on any atom is 0.254 e. The van der Waals surface area contributed by atoms with E-state index in [1.54, 1.807) is 29.2 Å². The van der Waals surface area contributed by atoms with Crippen LogP contribution in [0.25, 0.3) is 11.4 Å². The highest BCUT2D eigenvalue weighted by molar-refractivity contribution is 5.97. The number of alkyl halides is 1. The van der Waals surface area contributed by atoms with Gasteiger partial charge >= 0.3 is 0 Å². The molecule has 192 valence electrons. The minimum absolute atomic E-state index is 0.0753. The Hall–Kier alpha value is -3.50. The standard InChI is InChI=1S/C30H33FN4O2/c1-4-21-9-11-23(12-10-21)30(31)13-15-35(16-14-30)29(36)24-18-26(25(17-20(24)3)22-7-6-8-22)28-32-27(33-34-28)19-37-5-2/h1,9-12,17-18,22H,5-8,13-16,19H2,2-3H3,(H,32,33,34). The van der Waals surface area contributed by atoms with E-state index in [1.165, 1.54) is 12.0 Å². The van der Waals surface area contributed by atoms with Crippen LogP contribution in [0, 0.1) is 19.3 Å². The number of nitrogens with one attached hydrogen (secondary N) is 1. The van der Waals surface area contributed by atoms with Crippen LogP contribution in [0.4, 0.5) is 4.39 Å². The fourth-order valence-electron chi connectivity index (χ4n) is 5.28. The van der Waals surface area contributed by atoms with Gasteiger partial charge in [-0.2, -0.15) is 5.10 Å². The van der Waals surface area contributed by atoms with Crippen LogP contribution in [-0.2, 0) is 17.0 Å². The van der Waals surface area contributed by atoms with Gasteiger partial charge in [0, 0.05) is 49.2 Å². The van der Waals surface area contributed by atoms with Crippen LogP contribution in [0.5, 0.6) is 0 Å². The van der Waals surface area contributed by atoms with Crippen LogP contribution in [0.1, 0.15) is 83.4 Å². The number of benzene rings is 2. The van der Waals surface area contributed by atoms with Crippen LogP contribution in [0.2, 0.25) is 0 Å². The van der Waals surface area contributed by atoms with Crippen LogP contribution >= 0.6 is 0 Å². The maximum atomic E-state index is 15.8. The number of aromatic amines is 1. The molecule has 1 amide bonds. The first-order valence-corrected chi connectivity index (χ1v) is 13.1. The molecule has 6 nitrogen and oxygen atoms in total. The highest BCUT2D eigenvalue weighted by Gasteiger charge is 2.38. The van der Waals surface area contributed by atoms with E-state index in [9.17, 15) is 4.79 Å². The average Bonchev–Trinajstić information content (AvgIpc) is 3.35. The third-order valence-electron chi connectivity index (χ3n) is 7.80. The largest absolute Gasteiger partial charge is 0.374 e. The van der Waals surface area contributed by atoms with E-state index < -0.39 is 5.67 Å². The number of aryl methyl sites for hydroxylation is 1. The number of nitrogens with zero attached hydrogens (tertiary/aromatic N) is 3. The molecule has 1 saturated heterocycles. The van der Waals surface area contributed by atoms with Gasteiger partial charge in [0.1, 0.15) is 12.3 Å². The molecule has 7 heteroatoms. The summed E-state index contributed by atoms with van der Waals surface area (Å²) < 4.78 is 21.3. The summed E-state index contributed by atoms with van der Waals surface area (Å²) in [5, 5.41) is 7.41. The van der Waals surface area contributed by atoms with Gasteiger partial charge in [-0.15, -0.1) is 6.42 Å². The summed E-state index contributed by atoms with van der Waals surface area (Å²) in [6.45, 7) is 5.58. The average molecular weight is 501 g/mol. The number of hydrogen-bond acceptors (Lipinski definition) is 4. The summed E-state index contributed by atoms with van der Waals surface area (Å²) in [7, 11) is 0. The normalized spacial score (nSPS) is 17.3. The summed E-state index contributed by atoms with van der Waals surface area (Å²) in [4.78, 5) is 20.1. The van der Waals surface area contributed by atoms with Crippen LogP contribution in [-0.4, -0.2) is 45.7 Å². The molecule has 2 fully saturated rings. The molecule has 0 unspecified atom stereocenters. The minimum Gasteiger partial charge on any atom is -0.374 e. The fourth-order valence-corrected chi connectivity index (χ4v) is 5.28. The molecule has 3 aromatic rings. The van der Waals surface area contributed by atoms with Gasteiger partial charge in [-0.1, -0.05) is 30.5 Å². The number of likely N-dealkylation sites (tertiary alicyclic amines) is 1. The van der Waals surface area contributed by atoms with E-state index in [0.29, 0.717) is 55.0 Å². The number of carbonyl (C=O) groups excluding carboxylic acids is 1. The lowest BCUT2D eigenvalue weighted by Crippen LogP contribution is -2.43. The second kappa shape index (κ2) is 10.5. The molecule has 2 heterocycles. The number of hydrogen-bond donors (Lipinski definition) is 1. The first-order chi connectivity index (χ1) is 17.9. The van der Waals surface area contributed by atoms with Gasteiger partial charge in [0.15, 0.2) is 11.6 Å². The molecule has 0 spiro atoms. The third-order valence-corrected chi connectivity index (χ3v) is 7.80. The van der Waals surface area contributed by atoms with Crippen molar-refractivity contribution in [3.8, 4) is 23.7 Å². The van der Waals surface area contributed by atoms with E-state index in [-0.39, 0.29) is 18.7 Å². The number of halogens is 1. The summed E-state index contributed by atoms with van der Waals surface area (Å²) >= 11 is 0. The Morgan fingerprint density at radius 3 is 2.59 bits per heavy atom. The number of H-pyrrole nitrogens is 1. The number of aromatic nitrogens is 3. The molecule has 0 bridgehead atoms. The number of rotatable bonds is 7. The zero-order chi connectivity index (χ0) is 26.0. The summed E-state index contributed by atoms with van der Waals surface area (Å²) in [5.74, 6) is 4.19. The molecule has 1 aliphatic carbocycles. The zero-order valence-electron chi connectivity index (χ0n) is 21.5. The van der Waals surface area contributed by atoms with Gasteiger partial charge in [0.25, 0.3) is 5.91 Å². The zero-order valence-corrected chi connectivity index (χ0v) is 21.5. The van der Waals surface area contributed by atoms with Gasteiger partial charge in [0.2, 0.25) is 0 Å². The number of amides is 1. The Bertz CT molecular complexity index is 1310. The van der Waals surface area contributed by atoms with Gasteiger partial charge in [-0.25, -0.2) is 9.37 Å². The van der Waals surface area contributed by atoms with E-state index in [4.69, 9.17) is 11.2 Å². The van der Waals surface area contributed by atoms with Crippen LogP contribution in [0.3, 0.4) is 0 Å². The Labute approximate surface area is 217 Å². The van der Waals surface area contributed by atoms with E-state index in [0.717, 1.165) is 29.5 Å². The lowest BCUT2D eigenvalue weighted by atomic mass is 9.77. The van der Waals surface area contributed by atoms with Crippen LogP contribution in [0.15, 0.2) is 36.4 Å². The molecule has 37 heavy (non-hydrogen) atoms. The fraction of sp³-hybridized carbons (Fsp3) is 0.433. The lowest BCUT2D eigenvalue weighted by molar-refractivity contribution is 0.0421. The van der Waals surface area contributed by atoms with Gasteiger partial charge in [0.05, 0.1) is 0 Å². The van der Waals surface area contributed by atoms with Crippen molar-refractivity contribution in [3.63, 3.8) is 0 Å². The Balaban J connectivity index is 1.38. The Morgan fingerprint density at radius 1 is 1.24 bits per heavy atom. The van der Waals surface area contributed by atoms with E-state index in [2.05, 4.69) is 27.2 Å². The van der Waals surface area contributed by atoms with Crippen molar-refractivity contribution < 1.29 is 13.9 Å². The maximum absolute atomic E-state index is 15.8. The SMILES string of the molecule is C#Cc1ccc(C2(F)CCN(C(=O)c3cc(-c4n[nH]c(COCC)n4)c(C4CCC4)cc3C)CC2)cc1. The summed E-state index contributed by atoms with van der Waals surface area (Å²) in [6, 6.07) is 11.1. The predicted molar refractivity (Wildman–Crippen MR) is 141 cm³/mol. The number of piperidine rings is 1. The van der Waals surface area contributed by atoms with Crippen molar-refractivity contribution in [3.05, 3.63) is 70.0 Å². The van der Waals surface area contributed by atoms with Gasteiger partial charge in [-0.05, 0) is 67.5 Å². The second-order valence-electron chi connectivity index (χ2n) is 10.1. The third kappa shape index (κ3) is 5.03. The van der Waals surface area contributed by atoms with Crippen molar-refractivity contribution in [2.75, 3.05) is 19.7 Å². The number of carbonyl (C=O) groups is 1. The molecule has 1 aromatic heterocycles. The predicted octanol–water partition coefficient (Wildman–Crippen LogP) is 5.67. The van der Waals surface area contributed by atoms with Crippen molar-refractivity contribution >= 4 is 5.91 Å². The van der Waals surface area contributed by atoms with E-state index >= 15 is 4.39 Å². The smallest absolute Gasteiger partial charge is 0.254 e. The summed E-state index contributed by atoms with van der Waals surface area (Å²) in [5.41, 5.74) is 3.53. The van der Waals surface area contributed by atoms with Gasteiger partial charge < -0.3 is 9.64 Å². The molecular formula is C30H33FN4O2. The number of ether oxygens (including phenoxy) is 1.